The van der Waals surface area contributed by atoms with Gasteiger partial charge in [-0.15, -0.1) is 0 Å². The molecule has 16 heavy (non-hydrogen) atoms. The first-order valence-electron chi connectivity index (χ1n) is 5.35. The largest absolute Gasteiger partial charge is 0.320 e. The molecule has 3 nitrogen and oxygen atoms in total. The molecule has 1 rings (SSSR count). The minimum atomic E-state index is -0.466. The van der Waals surface area contributed by atoms with Crippen molar-refractivity contribution in [1.29, 1.82) is 0 Å². The second kappa shape index (κ2) is 7.62. The molecule has 0 fully saturated rings. The Balaban J connectivity index is 0.00000106. The summed E-state index contributed by atoms with van der Waals surface area (Å²) in [6.45, 7) is 7.65. The number of nitrogens with zero attached hydrogens (tertiary/aromatic N) is 1. The summed E-state index contributed by atoms with van der Waals surface area (Å²) < 4.78 is 1.57. The normalized spacial score (nSPS) is 11.1. The fraction of sp³-hybridized carbons (Fsp3) is 0.417. The number of benzene rings is 1. The van der Waals surface area contributed by atoms with Gasteiger partial charge in [-0.3, -0.25) is 7.91 Å². The van der Waals surface area contributed by atoms with Crippen molar-refractivity contribution >= 4 is 34.5 Å². The highest BCUT2D eigenvalue weighted by Crippen LogP contribution is 2.23. The van der Waals surface area contributed by atoms with Crippen LogP contribution in [0.25, 0.3) is 0 Å². The van der Waals surface area contributed by atoms with Gasteiger partial charge in [0.15, 0.2) is 0 Å². The number of rotatable bonds is 2. The number of amides is 1. The molecule has 0 aliphatic rings. The monoisotopic (exact) mass is 334 g/mol. The van der Waals surface area contributed by atoms with Crippen LogP contribution in [0.3, 0.4) is 0 Å². The molecule has 0 saturated heterocycles. The predicted molar refractivity (Wildman–Crippen MR) is 77.7 cm³/mol. The number of anilines is 1. The average Bonchev–Trinajstić information content (AvgIpc) is 2.30. The number of carbonyl (C=O) groups is 1. The van der Waals surface area contributed by atoms with Crippen molar-refractivity contribution in [2.24, 2.45) is 5.73 Å². The van der Waals surface area contributed by atoms with E-state index in [1.54, 1.807) is 10.0 Å². The van der Waals surface area contributed by atoms with E-state index in [1.165, 1.54) is 0 Å². The maximum absolute atomic E-state index is 11.6. The smallest absolute Gasteiger partial charge is 0.252 e. The second-order valence-corrected chi connectivity index (χ2v) is 4.16. The second-order valence-electron chi connectivity index (χ2n) is 3.19. The zero-order chi connectivity index (χ0) is 12.7. The van der Waals surface area contributed by atoms with Crippen LogP contribution in [0.1, 0.15) is 26.3 Å². The van der Waals surface area contributed by atoms with Crippen molar-refractivity contribution in [2.45, 2.75) is 33.7 Å². The standard InChI is InChI=1S/C10H13IN2O.C2H6/c1-7-5-3-4-6-9(7)13(11)10(14)8(2)12;1-2/h3-6,8H,12H2,1-2H3;1-2H3. The molecule has 90 valence electrons. The molecule has 0 bridgehead atoms. The van der Waals surface area contributed by atoms with Crippen molar-refractivity contribution in [2.75, 3.05) is 3.11 Å². The summed E-state index contributed by atoms with van der Waals surface area (Å²) in [6, 6.07) is 7.26. The fourth-order valence-electron chi connectivity index (χ4n) is 1.08. The lowest BCUT2D eigenvalue weighted by Gasteiger charge is -2.18. The summed E-state index contributed by atoms with van der Waals surface area (Å²) in [5.74, 6) is -0.0834. The van der Waals surface area contributed by atoms with E-state index in [0.717, 1.165) is 11.3 Å². The summed E-state index contributed by atoms with van der Waals surface area (Å²) >= 11 is 1.98. The van der Waals surface area contributed by atoms with Gasteiger partial charge >= 0.3 is 0 Å². The van der Waals surface area contributed by atoms with E-state index < -0.39 is 6.04 Å². The molecule has 2 N–H and O–H groups in total. The Hall–Kier alpha value is -0.620. The highest BCUT2D eigenvalue weighted by atomic mass is 127. The molecule has 0 aromatic heterocycles. The Morgan fingerprint density at radius 2 is 1.88 bits per heavy atom. The van der Waals surface area contributed by atoms with Crippen LogP contribution < -0.4 is 8.85 Å². The average molecular weight is 334 g/mol. The maximum Gasteiger partial charge on any atom is 0.252 e. The number of hydrogen-bond acceptors (Lipinski definition) is 2. The molecule has 0 saturated carbocycles. The van der Waals surface area contributed by atoms with Crippen LogP contribution in [-0.2, 0) is 4.79 Å². The molecule has 0 aliphatic heterocycles. The van der Waals surface area contributed by atoms with E-state index in [4.69, 9.17) is 5.73 Å². The third-order valence-electron chi connectivity index (χ3n) is 1.91. The van der Waals surface area contributed by atoms with Crippen molar-refractivity contribution < 1.29 is 4.79 Å². The van der Waals surface area contributed by atoms with Crippen molar-refractivity contribution in [3.63, 3.8) is 0 Å². The number of aryl methyl sites for hydroxylation is 1. The van der Waals surface area contributed by atoms with E-state index in [0.29, 0.717) is 0 Å². The third-order valence-corrected chi connectivity index (χ3v) is 2.91. The maximum atomic E-state index is 11.6. The molecule has 1 unspecified atom stereocenters. The molecule has 0 aliphatic carbocycles. The Kier molecular flexibility index (Phi) is 7.33. The summed E-state index contributed by atoms with van der Waals surface area (Å²) in [4.78, 5) is 11.6. The Labute approximate surface area is 112 Å². The quantitative estimate of drug-likeness (QED) is 0.667. The van der Waals surface area contributed by atoms with Gasteiger partial charge < -0.3 is 5.73 Å². The highest BCUT2D eigenvalue weighted by Gasteiger charge is 2.17. The molecular weight excluding hydrogens is 315 g/mol. The van der Waals surface area contributed by atoms with Crippen LogP contribution in [0.15, 0.2) is 24.3 Å². The summed E-state index contributed by atoms with van der Waals surface area (Å²) in [7, 11) is 0. The van der Waals surface area contributed by atoms with Gasteiger partial charge in [-0.2, -0.15) is 0 Å². The van der Waals surface area contributed by atoms with E-state index in [9.17, 15) is 4.79 Å². The van der Waals surface area contributed by atoms with Crippen molar-refractivity contribution in [3.05, 3.63) is 29.8 Å². The van der Waals surface area contributed by atoms with E-state index in [1.807, 2.05) is 67.9 Å². The van der Waals surface area contributed by atoms with Gasteiger partial charge in [-0.1, -0.05) is 32.0 Å². The van der Waals surface area contributed by atoms with Gasteiger partial charge in [-0.25, -0.2) is 0 Å². The fourth-order valence-corrected chi connectivity index (χ4v) is 2.06. The molecule has 4 heteroatoms. The van der Waals surface area contributed by atoms with E-state index >= 15 is 0 Å². The van der Waals surface area contributed by atoms with Crippen molar-refractivity contribution in [1.82, 2.24) is 0 Å². The topological polar surface area (TPSA) is 46.3 Å². The zero-order valence-corrected chi connectivity index (χ0v) is 12.4. The SMILES string of the molecule is CC.Cc1ccccc1N(I)C(=O)C(C)N. The molecule has 1 aromatic rings. The third kappa shape index (κ3) is 4.09. The zero-order valence-electron chi connectivity index (χ0n) is 10.2. The summed E-state index contributed by atoms with van der Waals surface area (Å²) in [5.41, 5.74) is 7.49. The van der Waals surface area contributed by atoms with Crippen LogP contribution in [0.4, 0.5) is 5.69 Å². The van der Waals surface area contributed by atoms with Crippen LogP contribution in [0, 0.1) is 6.92 Å². The lowest BCUT2D eigenvalue weighted by molar-refractivity contribution is -0.117. The first-order chi connectivity index (χ1) is 7.54. The molecule has 0 heterocycles. The highest BCUT2D eigenvalue weighted by molar-refractivity contribution is 14.1. The first-order valence-corrected chi connectivity index (χ1v) is 6.31. The molecule has 1 atom stereocenters. The number of halogens is 1. The van der Waals surface area contributed by atoms with Crippen LogP contribution in [0.5, 0.6) is 0 Å². The summed E-state index contributed by atoms with van der Waals surface area (Å²) in [5, 5.41) is 0. The molecule has 0 spiro atoms. The summed E-state index contributed by atoms with van der Waals surface area (Å²) in [6.07, 6.45) is 0. The van der Waals surface area contributed by atoms with Crippen molar-refractivity contribution in [3.8, 4) is 0 Å². The Morgan fingerprint density at radius 3 is 2.31 bits per heavy atom. The molecule has 1 aromatic carbocycles. The number of para-hydroxylation sites is 1. The number of nitrogens with two attached hydrogens (primary N) is 1. The number of carbonyl (C=O) groups excluding carboxylic acids is 1. The van der Waals surface area contributed by atoms with Gasteiger partial charge in [-0.05, 0) is 25.5 Å². The lowest BCUT2D eigenvalue weighted by atomic mass is 10.2. The van der Waals surface area contributed by atoms with Gasteiger partial charge in [0, 0.05) is 0 Å². The van der Waals surface area contributed by atoms with E-state index in [-0.39, 0.29) is 5.91 Å². The van der Waals surface area contributed by atoms with Gasteiger partial charge in [0.1, 0.15) is 0 Å². The predicted octanol–water partition coefficient (Wildman–Crippen LogP) is 3.05. The molecule has 1 amide bonds. The first kappa shape index (κ1) is 15.4. The minimum absolute atomic E-state index is 0.0834. The minimum Gasteiger partial charge on any atom is -0.320 e. The van der Waals surface area contributed by atoms with Gasteiger partial charge in [0.25, 0.3) is 5.91 Å². The lowest BCUT2D eigenvalue weighted by Crippen LogP contribution is -2.36. The van der Waals surface area contributed by atoms with Gasteiger partial charge in [0.2, 0.25) is 0 Å². The Morgan fingerprint density at radius 1 is 1.38 bits per heavy atom. The van der Waals surface area contributed by atoms with Crippen LogP contribution in [-0.4, -0.2) is 11.9 Å². The van der Waals surface area contributed by atoms with Crippen LogP contribution >= 0.6 is 22.9 Å². The number of hydrogen-bond donors (Lipinski definition) is 1. The van der Waals surface area contributed by atoms with E-state index in [2.05, 4.69) is 0 Å². The van der Waals surface area contributed by atoms with Crippen LogP contribution in [0.2, 0.25) is 0 Å². The molecular formula is C12H19IN2O. The molecule has 0 radical (unpaired) electrons. The van der Waals surface area contributed by atoms with Gasteiger partial charge in [0.05, 0.1) is 34.6 Å². The Bertz CT molecular complexity index is 340.